The van der Waals surface area contributed by atoms with Gasteiger partial charge in [0.15, 0.2) is 5.17 Å². The molecule has 0 aromatic heterocycles. The highest BCUT2D eigenvalue weighted by molar-refractivity contribution is 7.97. The van der Waals surface area contributed by atoms with Crippen molar-refractivity contribution in [3.8, 4) is 0 Å². The smallest absolute Gasteiger partial charge is 0.266 e. The Bertz CT molecular complexity index is 160. The SMILES string of the molecule is O=C1C=NC(S)=N1. The van der Waals surface area contributed by atoms with Crippen LogP contribution in [0.3, 0.4) is 0 Å². The summed E-state index contributed by atoms with van der Waals surface area (Å²) in [6, 6.07) is 0. The molecule has 1 amide bonds. The maximum absolute atomic E-state index is 10.1. The van der Waals surface area contributed by atoms with Crippen LogP contribution in [0, 0.1) is 0 Å². The lowest BCUT2D eigenvalue weighted by atomic mass is 10.7. The van der Waals surface area contributed by atoms with Crippen molar-refractivity contribution in [1.82, 2.24) is 0 Å². The zero-order chi connectivity index (χ0) is 5.28. The molecule has 1 aliphatic heterocycles. The molecule has 0 spiro atoms. The van der Waals surface area contributed by atoms with Gasteiger partial charge in [0.05, 0.1) is 6.21 Å². The van der Waals surface area contributed by atoms with Crippen molar-refractivity contribution in [3.63, 3.8) is 0 Å². The van der Waals surface area contributed by atoms with Crippen molar-refractivity contribution < 1.29 is 4.79 Å². The van der Waals surface area contributed by atoms with E-state index < -0.39 is 0 Å². The van der Waals surface area contributed by atoms with E-state index >= 15 is 0 Å². The highest BCUT2D eigenvalue weighted by Gasteiger charge is 2.00. The van der Waals surface area contributed by atoms with Crippen molar-refractivity contribution in [3.05, 3.63) is 0 Å². The highest BCUT2D eigenvalue weighted by Crippen LogP contribution is 1.92. The molecule has 0 saturated heterocycles. The molecular weight excluding hydrogens is 112 g/mol. The Labute approximate surface area is 45.6 Å². The number of carbonyl (C=O) groups excluding carboxylic acids is 1. The van der Waals surface area contributed by atoms with E-state index in [1.165, 1.54) is 0 Å². The number of thiol groups is 1. The van der Waals surface area contributed by atoms with Gasteiger partial charge in [-0.25, -0.2) is 4.99 Å². The molecule has 0 fully saturated rings. The zero-order valence-electron chi connectivity index (χ0n) is 3.33. The molecule has 0 N–H and O–H groups in total. The van der Waals surface area contributed by atoms with E-state index in [0.29, 0.717) is 0 Å². The monoisotopic (exact) mass is 114 g/mol. The summed E-state index contributed by atoms with van der Waals surface area (Å²) in [6.45, 7) is 0. The fraction of sp³-hybridized carbons (Fsp3) is 0. The van der Waals surface area contributed by atoms with Crippen molar-refractivity contribution in [2.45, 2.75) is 0 Å². The lowest BCUT2D eigenvalue weighted by Gasteiger charge is -1.69. The Morgan fingerprint density at radius 2 is 2.43 bits per heavy atom. The van der Waals surface area contributed by atoms with Gasteiger partial charge in [0.25, 0.3) is 5.91 Å². The molecule has 7 heavy (non-hydrogen) atoms. The topological polar surface area (TPSA) is 41.8 Å². The third-order valence-corrected chi connectivity index (χ3v) is 0.716. The average Bonchev–Trinajstić information content (AvgIpc) is 1.87. The number of rotatable bonds is 0. The van der Waals surface area contributed by atoms with E-state index in [4.69, 9.17) is 0 Å². The number of nitrogens with zero attached hydrogens (tertiary/aromatic N) is 2. The average molecular weight is 114 g/mol. The second-order valence-corrected chi connectivity index (χ2v) is 1.41. The van der Waals surface area contributed by atoms with E-state index in [1.54, 1.807) is 0 Å². The van der Waals surface area contributed by atoms with Gasteiger partial charge < -0.3 is 0 Å². The number of hydrogen-bond acceptors (Lipinski definition) is 2. The molecule has 1 heterocycles. The lowest BCUT2D eigenvalue weighted by Crippen LogP contribution is -1.84. The van der Waals surface area contributed by atoms with Crippen LogP contribution in [-0.4, -0.2) is 17.3 Å². The predicted octanol–water partition coefficient (Wildman–Crippen LogP) is -0.117. The van der Waals surface area contributed by atoms with Crippen LogP contribution < -0.4 is 0 Å². The Morgan fingerprint density at radius 1 is 1.71 bits per heavy atom. The number of amides is 1. The molecule has 0 saturated carbocycles. The van der Waals surface area contributed by atoms with Crippen LogP contribution in [0.15, 0.2) is 9.98 Å². The summed E-state index contributed by atoms with van der Waals surface area (Å²) in [5, 5.41) is 0.241. The molecule has 0 radical (unpaired) electrons. The van der Waals surface area contributed by atoms with Crippen LogP contribution in [0.5, 0.6) is 0 Å². The van der Waals surface area contributed by atoms with Gasteiger partial charge >= 0.3 is 0 Å². The summed E-state index contributed by atoms with van der Waals surface area (Å²) in [5.41, 5.74) is 0. The van der Waals surface area contributed by atoms with Crippen molar-refractivity contribution in [2.24, 2.45) is 9.98 Å². The van der Waals surface area contributed by atoms with Gasteiger partial charge in [-0.3, -0.25) is 4.79 Å². The van der Waals surface area contributed by atoms with Gasteiger partial charge in [0, 0.05) is 0 Å². The minimum absolute atomic E-state index is 0.241. The maximum Gasteiger partial charge on any atom is 0.290 e. The third-order valence-electron chi connectivity index (χ3n) is 0.501. The summed E-state index contributed by atoms with van der Waals surface area (Å²) >= 11 is 3.68. The Kier molecular flexibility index (Phi) is 0.941. The van der Waals surface area contributed by atoms with Crippen LogP contribution in [-0.2, 0) is 4.79 Å². The minimum Gasteiger partial charge on any atom is -0.266 e. The largest absolute Gasteiger partial charge is 0.290 e. The second kappa shape index (κ2) is 1.46. The first-order valence-electron chi connectivity index (χ1n) is 1.65. The molecule has 3 nitrogen and oxygen atoms in total. The van der Waals surface area contributed by atoms with Gasteiger partial charge in [-0.15, -0.1) is 12.6 Å². The highest BCUT2D eigenvalue weighted by atomic mass is 32.1. The molecule has 0 atom stereocenters. The molecule has 0 aromatic carbocycles. The summed E-state index contributed by atoms with van der Waals surface area (Å²) in [7, 11) is 0. The first-order chi connectivity index (χ1) is 3.29. The number of amidine groups is 1. The van der Waals surface area contributed by atoms with E-state index in [9.17, 15) is 4.79 Å². The van der Waals surface area contributed by atoms with Gasteiger partial charge in [-0.2, -0.15) is 4.99 Å². The molecule has 0 aromatic rings. The van der Waals surface area contributed by atoms with E-state index in [-0.39, 0.29) is 11.1 Å². The molecule has 1 aliphatic rings. The van der Waals surface area contributed by atoms with Gasteiger partial charge in [-0.1, -0.05) is 0 Å². The van der Waals surface area contributed by atoms with Crippen molar-refractivity contribution in [2.75, 3.05) is 0 Å². The molecule has 4 heteroatoms. The molecule has 1 rings (SSSR count). The van der Waals surface area contributed by atoms with Gasteiger partial charge in [0.1, 0.15) is 0 Å². The Balaban J connectivity index is 2.88. The predicted molar refractivity (Wildman–Crippen MR) is 29.9 cm³/mol. The first kappa shape index (κ1) is 4.52. The van der Waals surface area contributed by atoms with Crippen molar-refractivity contribution in [1.29, 1.82) is 0 Å². The second-order valence-electron chi connectivity index (χ2n) is 1.01. The number of hydrogen-bond donors (Lipinski definition) is 1. The molecule has 36 valence electrons. The Morgan fingerprint density at radius 3 is 2.57 bits per heavy atom. The molecular formula is C3H2N2OS. The lowest BCUT2D eigenvalue weighted by molar-refractivity contribution is -0.111. The number of aliphatic imine (C=N–C) groups is 2. The summed E-state index contributed by atoms with van der Waals surface area (Å²) in [5.74, 6) is -0.329. The van der Waals surface area contributed by atoms with Crippen LogP contribution in [0.2, 0.25) is 0 Å². The summed E-state index contributed by atoms with van der Waals surface area (Å²) in [4.78, 5) is 16.8. The molecule has 0 unspecified atom stereocenters. The molecule has 0 aliphatic carbocycles. The first-order valence-corrected chi connectivity index (χ1v) is 2.09. The van der Waals surface area contributed by atoms with Gasteiger partial charge in [0.2, 0.25) is 0 Å². The van der Waals surface area contributed by atoms with E-state index in [2.05, 4.69) is 22.6 Å². The summed E-state index contributed by atoms with van der Waals surface area (Å²) in [6.07, 6.45) is 1.13. The van der Waals surface area contributed by atoms with Crippen LogP contribution in [0.25, 0.3) is 0 Å². The Hall–Kier alpha value is -0.640. The van der Waals surface area contributed by atoms with Crippen molar-refractivity contribution >= 4 is 29.9 Å². The maximum atomic E-state index is 10.1. The molecule has 0 bridgehead atoms. The van der Waals surface area contributed by atoms with Crippen LogP contribution >= 0.6 is 12.6 Å². The fourth-order valence-corrected chi connectivity index (χ4v) is 0.426. The summed E-state index contributed by atoms with van der Waals surface area (Å²) < 4.78 is 0. The van der Waals surface area contributed by atoms with Gasteiger partial charge in [-0.05, 0) is 0 Å². The van der Waals surface area contributed by atoms with E-state index in [1.807, 2.05) is 0 Å². The minimum atomic E-state index is -0.329. The quantitative estimate of drug-likeness (QED) is 0.438. The van der Waals surface area contributed by atoms with E-state index in [0.717, 1.165) is 6.21 Å². The third kappa shape index (κ3) is 0.866. The normalized spacial score (nSPS) is 17.9. The fourth-order valence-electron chi connectivity index (χ4n) is 0.269. The van der Waals surface area contributed by atoms with Crippen LogP contribution in [0.4, 0.5) is 0 Å². The zero-order valence-corrected chi connectivity index (χ0v) is 4.22. The van der Waals surface area contributed by atoms with Crippen LogP contribution in [0.1, 0.15) is 0 Å². The number of carbonyl (C=O) groups is 1. The standard InChI is InChI=1S/C3H2N2OS/c6-2-1-4-3(7)5-2/h1H,(H,5,6,7).